The first-order valence-corrected chi connectivity index (χ1v) is 10.4. The first kappa shape index (κ1) is 19.8. The number of carbonyl (C=O) groups excluding carboxylic acids is 1. The molecule has 0 saturated carbocycles. The van der Waals surface area contributed by atoms with Crippen molar-refractivity contribution in [2.75, 3.05) is 32.7 Å². The lowest BCUT2D eigenvalue weighted by Crippen LogP contribution is -2.50. The van der Waals surface area contributed by atoms with Crippen LogP contribution >= 0.6 is 11.8 Å². The van der Waals surface area contributed by atoms with E-state index in [9.17, 15) is 4.79 Å². The summed E-state index contributed by atoms with van der Waals surface area (Å²) >= 11 is 1.41. The van der Waals surface area contributed by atoms with Gasteiger partial charge in [-0.2, -0.15) is 4.68 Å². The Hall–Kier alpha value is -1.93. The van der Waals surface area contributed by atoms with Gasteiger partial charge in [0.2, 0.25) is 11.1 Å². The number of hydrogen-bond donors (Lipinski definition) is 0. The number of tetrazole rings is 1. The third-order valence-electron chi connectivity index (χ3n) is 5.01. The first-order valence-electron chi connectivity index (χ1n) is 9.56. The normalized spacial score (nSPS) is 16.7. The molecule has 1 amide bonds. The first-order chi connectivity index (χ1) is 13.0. The number of benzene rings is 1. The van der Waals surface area contributed by atoms with E-state index in [0.29, 0.717) is 11.1 Å². The van der Waals surface area contributed by atoms with Gasteiger partial charge in [-0.25, -0.2) is 0 Å². The third kappa shape index (κ3) is 4.68. The molecule has 0 aliphatic carbocycles. The van der Waals surface area contributed by atoms with E-state index in [1.165, 1.54) is 17.3 Å². The lowest BCUT2D eigenvalue weighted by atomic mass is 10.0. The summed E-state index contributed by atoms with van der Waals surface area (Å²) in [5, 5.41) is 12.5. The van der Waals surface area contributed by atoms with E-state index in [-0.39, 0.29) is 11.2 Å². The van der Waals surface area contributed by atoms with Crippen LogP contribution in [0.2, 0.25) is 0 Å². The molecule has 0 N–H and O–H groups in total. The second-order valence-electron chi connectivity index (χ2n) is 7.14. The topological polar surface area (TPSA) is 67.2 Å². The highest BCUT2D eigenvalue weighted by Gasteiger charge is 2.26. The van der Waals surface area contributed by atoms with Crippen molar-refractivity contribution in [3.05, 3.63) is 29.8 Å². The third-order valence-corrected chi connectivity index (χ3v) is 6.03. The molecule has 1 aromatic heterocycles. The van der Waals surface area contributed by atoms with Crippen LogP contribution < -0.4 is 0 Å². The summed E-state index contributed by atoms with van der Waals surface area (Å²) in [5.74, 6) is 0.632. The van der Waals surface area contributed by atoms with Gasteiger partial charge >= 0.3 is 0 Å². The number of hydrogen-bond acceptors (Lipinski definition) is 6. The molecule has 8 heteroatoms. The van der Waals surface area contributed by atoms with Gasteiger partial charge in [0.05, 0.1) is 10.9 Å². The van der Waals surface area contributed by atoms with Crippen LogP contribution in [-0.4, -0.2) is 73.9 Å². The number of amides is 1. The highest BCUT2D eigenvalue weighted by molar-refractivity contribution is 8.00. The zero-order chi connectivity index (χ0) is 19.4. The Bertz CT molecular complexity index is 752. The minimum Gasteiger partial charge on any atom is -0.339 e. The second kappa shape index (κ2) is 8.84. The zero-order valence-electron chi connectivity index (χ0n) is 16.5. The number of likely N-dealkylation sites (N-methyl/N-ethyl adjacent to an activating group) is 1. The summed E-state index contributed by atoms with van der Waals surface area (Å²) in [6.45, 7) is 12.9. The van der Waals surface area contributed by atoms with Gasteiger partial charge in [0.1, 0.15) is 0 Å². The molecule has 2 aromatic rings. The van der Waals surface area contributed by atoms with Crippen LogP contribution in [0.3, 0.4) is 0 Å². The molecule has 2 heterocycles. The van der Waals surface area contributed by atoms with Gasteiger partial charge in [0.15, 0.2) is 0 Å². The van der Waals surface area contributed by atoms with E-state index in [4.69, 9.17) is 0 Å². The average molecular weight is 389 g/mol. The average Bonchev–Trinajstić information content (AvgIpc) is 3.15. The Morgan fingerprint density at radius 1 is 1.11 bits per heavy atom. The molecular weight excluding hydrogens is 360 g/mol. The number of nitrogens with zero attached hydrogens (tertiary/aromatic N) is 6. The summed E-state index contributed by atoms with van der Waals surface area (Å²) < 4.78 is 1.70. The maximum absolute atomic E-state index is 12.8. The number of carbonyl (C=O) groups is 1. The van der Waals surface area contributed by atoms with Crippen LogP contribution in [0, 0.1) is 0 Å². The Kier molecular flexibility index (Phi) is 6.49. The molecule has 1 aromatic carbocycles. The lowest BCUT2D eigenvalue weighted by molar-refractivity contribution is -0.132. The van der Waals surface area contributed by atoms with E-state index in [2.05, 4.69) is 53.3 Å². The Morgan fingerprint density at radius 2 is 1.78 bits per heavy atom. The molecule has 3 rings (SSSR count). The monoisotopic (exact) mass is 388 g/mol. The van der Waals surface area contributed by atoms with Crippen molar-refractivity contribution in [2.24, 2.45) is 0 Å². The molecule has 1 atom stereocenters. The molecule has 146 valence electrons. The van der Waals surface area contributed by atoms with E-state index in [0.717, 1.165) is 38.4 Å². The number of rotatable bonds is 6. The standard InChI is InChI=1S/C19H28N6OS/c1-5-23-10-12-24(13-11-23)18(26)15(4)27-19-20-21-22-25(19)17-8-6-16(7-9-17)14(2)3/h6-9,14-15H,5,10-13H2,1-4H3/t15-/m0/s1. The van der Waals surface area contributed by atoms with Crippen molar-refractivity contribution in [3.8, 4) is 5.69 Å². The summed E-state index contributed by atoms with van der Waals surface area (Å²) in [7, 11) is 0. The minimum atomic E-state index is -0.224. The van der Waals surface area contributed by atoms with Gasteiger partial charge in [-0.1, -0.05) is 44.7 Å². The van der Waals surface area contributed by atoms with Gasteiger partial charge < -0.3 is 9.80 Å². The van der Waals surface area contributed by atoms with Crippen LogP contribution in [0.1, 0.15) is 39.2 Å². The molecule has 0 radical (unpaired) electrons. The number of aromatic nitrogens is 4. The Labute approximate surface area is 165 Å². The van der Waals surface area contributed by atoms with Crippen molar-refractivity contribution < 1.29 is 4.79 Å². The van der Waals surface area contributed by atoms with E-state index in [1.54, 1.807) is 4.68 Å². The van der Waals surface area contributed by atoms with Crippen molar-refractivity contribution in [1.82, 2.24) is 30.0 Å². The van der Waals surface area contributed by atoms with Crippen LogP contribution in [0.15, 0.2) is 29.4 Å². The fourth-order valence-corrected chi connectivity index (χ4v) is 4.06. The summed E-state index contributed by atoms with van der Waals surface area (Å²) in [6, 6.07) is 8.23. The van der Waals surface area contributed by atoms with Gasteiger partial charge in [0, 0.05) is 26.2 Å². The van der Waals surface area contributed by atoms with Crippen LogP contribution in [0.4, 0.5) is 0 Å². The van der Waals surface area contributed by atoms with E-state index in [1.807, 2.05) is 24.0 Å². The van der Waals surface area contributed by atoms with Crippen molar-refractivity contribution in [1.29, 1.82) is 0 Å². The van der Waals surface area contributed by atoms with E-state index >= 15 is 0 Å². The molecule has 0 spiro atoms. The van der Waals surface area contributed by atoms with Gasteiger partial charge in [-0.3, -0.25) is 4.79 Å². The summed E-state index contributed by atoms with van der Waals surface area (Å²) in [5.41, 5.74) is 2.18. The fraction of sp³-hybridized carbons (Fsp3) is 0.579. The minimum absolute atomic E-state index is 0.153. The van der Waals surface area contributed by atoms with Gasteiger partial charge in [-0.15, -0.1) is 5.10 Å². The quantitative estimate of drug-likeness (QED) is 0.708. The predicted octanol–water partition coefficient (Wildman–Crippen LogP) is 2.43. The Morgan fingerprint density at radius 3 is 2.37 bits per heavy atom. The molecule has 7 nitrogen and oxygen atoms in total. The van der Waals surface area contributed by atoms with Crippen molar-refractivity contribution in [2.45, 2.75) is 44.0 Å². The van der Waals surface area contributed by atoms with Crippen LogP contribution in [0.5, 0.6) is 0 Å². The molecule has 1 saturated heterocycles. The SMILES string of the molecule is CCN1CCN(C(=O)[C@H](C)Sc2nnnn2-c2ccc(C(C)C)cc2)CC1. The van der Waals surface area contributed by atoms with E-state index < -0.39 is 0 Å². The summed E-state index contributed by atoms with van der Waals surface area (Å²) in [6.07, 6.45) is 0. The smallest absolute Gasteiger partial charge is 0.235 e. The molecular formula is C19H28N6OS. The molecule has 27 heavy (non-hydrogen) atoms. The highest BCUT2D eigenvalue weighted by Crippen LogP contribution is 2.25. The van der Waals surface area contributed by atoms with Gasteiger partial charge in [0.25, 0.3) is 0 Å². The molecule has 0 bridgehead atoms. The van der Waals surface area contributed by atoms with Crippen molar-refractivity contribution in [3.63, 3.8) is 0 Å². The lowest BCUT2D eigenvalue weighted by Gasteiger charge is -2.35. The second-order valence-corrected chi connectivity index (χ2v) is 8.45. The molecule has 1 aliphatic rings. The predicted molar refractivity (Wildman–Crippen MR) is 107 cm³/mol. The van der Waals surface area contributed by atoms with Gasteiger partial charge in [-0.05, 0) is 47.5 Å². The molecule has 1 fully saturated rings. The molecule has 1 aliphatic heterocycles. The highest BCUT2D eigenvalue weighted by atomic mass is 32.2. The maximum atomic E-state index is 12.8. The summed E-state index contributed by atoms with van der Waals surface area (Å²) in [4.78, 5) is 17.1. The fourth-order valence-electron chi connectivity index (χ4n) is 3.16. The van der Waals surface area contributed by atoms with Crippen molar-refractivity contribution >= 4 is 17.7 Å². The maximum Gasteiger partial charge on any atom is 0.235 e. The number of thioether (sulfide) groups is 1. The largest absolute Gasteiger partial charge is 0.339 e. The number of piperazine rings is 1. The van der Waals surface area contributed by atoms with Crippen LogP contribution in [0.25, 0.3) is 5.69 Å². The Balaban J connectivity index is 1.66. The molecule has 0 unspecified atom stereocenters. The van der Waals surface area contributed by atoms with Crippen LogP contribution in [-0.2, 0) is 4.79 Å². The zero-order valence-corrected chi connectivity index (χ0v) is 17.3.